The van der Waals surface area contributed by atoms with E-state index in [9.17, 15) is 13.6 Å². The normalized spacial score (nSPS) is 13.7. The predicted molar refractivity (Wildman–Crippen MR) is 79.8 cm³/mol. The standard InChI is InChI=1S/C15H14F2N4O2/c16-10-4-3-9(5-11(10)17)19-13-6-12(8-1-2-8)20-15(21-13)18-7-14(22)23/h3-6,8H,1-2,7H2,(H,22,23)(H2,18,19,20,21). The number of nitrogens with one attached hydrogen (secondary N) is 2. The van der Waals surface area contributed by atoms with E-state index in [0.717, 1.165) is 30.7 Å². The van der Waals surface area contributed by atoms with Gasteiger partial charge in [0.05, 0.1) is 5.69 Å². The van der Waals surface area contributed by atoms with Crippen LogP contribution in [-0.4, -0.2) is 27.6 Å². The molecule has 8 heteroatoms. The summed E-state index contributed by atoms with van der Waals surface area (Å²) < 4.78 is 26.2. The van der Waals surface area contributed by atoms with Crippen molar-refractivity contribution in [1.82, 2.24) is 9.97 Å². The molecule has 23 heavy (non-hydrogen) atoms. The molecule has 0 aliphatic heterocycles. The molecule has 1 saturated carbocycles. The fourth-order valence-corrected chi connectivity index (χ4v) is 2.07. The number of halogens is 2. The molecule has 1 aromatic carbocycles. The van der Waals surface area contributed by atoms with Gasteiger partial charge in [0.1, 0.15) is 12.4 Å². The summed E-state index contributed by atoms with van der Waals surface area (Å²) in [6, 6.07) is 5.16. The van der Waals surface area contributed by atoms with Crippen LogP contribution in [0.5, 0.6) is 0 Å². The minimum Gasteiger partial charge on any atom is -0.480 e. The van der Waals surface area contributed by atoms with Crippen molar-refractivity contribution < 1.29 is 18.7 Å². The second-order valence-electron chi connectivity index (χ2n) is 5.28. The summed E-state index contributed by atoms with van der Waals surface area (Å²) in [6.07, 6.45) is 2.03. The molecule has 0 atom stereocenters. The second kappa shape index (κ2) is 6.15. The van der Waals surface area contributed by atoms with Gasteiger partial charge in [0.25, 0.3) is 0 Å². The lowest BCUT2D eigenvalue weighted by Gasteiger charge is -2.10. The maximum absolute atomic E-state index is 13.3. The molecule has 0 spiro atoms. The highest BCUT2D eigenvalue weighted by Crippen LogP contribution is 2.40. The highest BCUT2D eigenvalue weighted by molar-refractivity contribution is 5.72. The molecule has 0 bridgehead atoms. The maximum Gasteiger partial charge on any atom is 0.322 e. The summed E-state index contributed by atoms with van der Waals surface area (Å²) >= 11 is 0. The van der Waals surface area contributed by atoms with Gasteiger partial charge in [-0.2, -0.15) is 4.98 Å². The van der Waals surface area contributed by atoms with Gasteiger partial charge in [0, 0.05) is 23.7 Å². The van der Waals surface area contributed by atoms with E-state index in [1.165, 1.54) is 6.07 Å². The lowest BCUT2D eigenvalue weighted by Crippen LogP contribution is -2.15. The summed E-state index contributed by atoms with van der Waals surface area (Å²) in [5, 5.41) is 14.2. The van der Waals surface area contributed by atoms with E-state index < -0.39 is 17.6 Å². The van der Waals surface area contributed by atoms with Crippen LogP contribution in [0.3, 0.4) is 0 Å². The molecule has 0 radical (unpaired) electrons. The van der Waals surface area contributed by atoms with Crippen LogP contribution in [0.2, 0.25) is 0 Å². The van der Waals surface area contributed by atoms with E-state index in [0.29, 0.717) is 17.4 Å². The van der Waals surface area contributed by atoms with Gasteiger partial charge in [-0.25, -0.2) is 13.8 Å². The van der Waals surface area contributed by atoms with Crippen LogP contribution in [0.15, 0.2) is 24.3 Å². The Morgan fingerprint density at radius 1 is 1.22 bits per heavy atom. The zero-order valence-electron chi connectivity index (χ0n) is 12.0. The Bertz CT molecular complexity index is 750. The zero-order valence-corrected chi connectivity index (χ0v) is 12.0. The Morgan fingerprint density at radius 3 is 2.65 bits per heavy atom. The van der Waals surface area contributed by atoms with Crippen LogP contribution in [0.25, 0.3) is 0 Å². The molecule has 120 valence electrons. The lowest BCUT2D eigenvalue weighted by molar-refractivity contribution is -0.134. The molecule has 0 amide bonds. The fraction of sp³-hybridized carbons (Fsp3) is 0.267. The number of benzene rings is 1. The van der Waals surface area contributed by atoms with Gasteiger partial charge in [-0.15, -0.1) is 0 Å². The molecule has 6 nitrogen and oxygen atoms in total. The van der Waals surface area contributed by atoms with Crippen molar-refractivity contribution in [2.24, 2.45) is 0 Å². The Kier molecular flexibility index (Phi) is 4.05. The Hall–Kier alpha value is -2.77. The van der Waals surface area contributed by atoms with E-state index in [1.807, 2.05) is 0 Å². The minimum absolute atomic E-state index is 0.182. The molecule has 1 aliphatic carbocycles. The second-order valence-corrected chi connectivity index (χ2v) is 5.28. The van der Waals surface area contributed by atoms with E-state index >= 15 is 0 Å². The van der Waals surface area contributed by atoms with Crippen molar-refractivity contribution in [3.05, 3.63) is 41.6 Å². The first-order valence-corrected chi connectivity index (χ1v) is 7.08. The summed E-state index contributed by atoms with van der Waals surface area (Å²) in [4.78, 5) is 19.1. The van der Waals surface area contributed by atoms with Gasteiger partial charge >= 0.3 is 5.97 Å². The number of aliphatic carboxylic acids is 1. The van der Waals surface area contributed by atoms with E-state index in [2.05, 4.69) is 20.6 Å². The molecule has 0 saturated heterocycles. The molecule has 1 aliphatic rings. The molecule has 2 aromatic rings. The first kappa shape index (κ1) is 15.1. The van der Waals surface area contributed by atoms with Crippen molar-refractivity contribution in [3.8, 4) is 0 Å². The number of aromatic nitrogens is 2. The molecule has 0 unspecified atom stereocenters. The first-order chi connectivity index (χ1) is 11.0. The first-order valence-electron chi connectivity index (χ1n) is 7.08. The van der Waals surface area contributed by atoms with Gasteiger partial charge < -0.3 is 15.7 Å². The summed E-state index contributed by atoms with van der Waals surface area (Å²) in [7, 11) is 0. The number of carboxylic acid groups (broad SMARTS) is 1. The highest BCUT2D eigenvalue weighted by atomic mass is 19.2. The summed E-state index contributed by atoms with van der Waals surface area (Å²) in [5.41, 5.74) is 1.13. The number of carbonyl (C=O) groups is 1. The minimum atomic E-state index is -1.03. The fourth-order valence-electron chi connectivity index (χ4n) is 2.07. The molecule has 1 aromatic heterocycles. The number of anilines is 3. The topological polar surface area (TPSA) is 87.1 Å². The van der Waals surface area contributed by atoms with Gasteiger partial charge in [-0.05, 0) is 25.0 Å². The van der Waals surface area contributed by atoms with Crippen LogP contribution in [0.4, 0.5) is 26.2 Å². The van der Waals surface area contributed by atoms with E-state index in [1.54, 1.807) is 6.07 Å². The lowest BCUT2D eigenvalue weighted by atomic mass is 10.2. The van der Waals surface area contributed by atoms with Gasteiger partial charge in [0.2, 0.25) is 5.95 Å². The van der Waals surface area contributed by atoms with E-state index in [4.69, 9.17) is 5.11 Å². The van der Waals surface area contributed by atoms with E-state index in [-0.39, 0.29) is 12.5 Å². The van der Waals surface area contributed by atoms with Crippen molar-refractivity contribution in [2.75, 3.05) is 17.2 Å². The average Bonchev–Trinajstić information content (AvgIpc) is 3.33. The molecule has 1 heterocycles. The average molecular weight is 320 g/mol. The van der Waals surface area contributed by atoms with Crippen LogP contribution in [0.1, 0.15) is 24.5 Å². The third kappa shape index (κ3) is 3.91. The van der Waals surface area contributed by atoms with Gasteiger partial charge in [-0.3, -0.25) is 4.79 Å². The Balaban J connectivity index is 1.84. The number of carboxylic acids is 1. The maximum atomic E-state index is 13.3. The number of hydrogen-bond donors (Lipinski definition) is 3. The van der Waals surface area contributed by atoms with Gasteiger partial charge in [-0.1, -0.05) is 0 Å². The molecule has 3 rings (SSSR count). The zero-order chi connectivity index (χ0) is 16.4. The Morgan fingerprint density at radius 2 is 2.00 bits per heavy atom. The van der Waals surface area contributed by atoms with Crippen molar-refractivity contribution in [1.29, 1.82) is 0 Å². The molecular formula is C15H14F2N4O2. The molecule has 1 fully saturated rings. The quantitative estimate of drug-likeness (QED) is 0.758. The predicted octanol–water partition coefficient (Wildman–Crippen LogP) is 2.87. The van der Waals surface area contributed by atoms with Crippen LogP contribution >= 0.6 is 0 Å². The van der Waals surface area contributed by atoms with Gasteiger partial charge in [0.15, 0.2) is 11.6 Å². The summed E-state index contributed by atoms with van der Waals surface area (Å²) in [6.45, 7) is -0.307. The number of rotatable bonds is 6. The monoisotopic (exact) mass is 320 g/mol. The van der Waals surface area contributed by atoms with Crippen LogP contribution < -0.4 is 10.6 Å². The third-order valence-electron chi connectivity index (χ3n) is 3.33. The third-order valence-corrected chi connectivity index (χ3v) is 3.33. The molecular weight excluding hydrogens is 306 g/mol. The van der Waals surface area contributed by atoms with Crippen molar-refractivity contribution in [2.45, 2.75) is 18.8 Å². The van der Waals surface area contributed by atoms with Crippen molar-refractivity contribution in [3.63, 3.8) is 0 Å². The SMILES string of the molecule is O=C(O)CNc1nc(Nc2ccc(F)c(F)c2)cc(C2CC2)n1. The van der Waals surface area contributed by atoms with Crippen LogP contribution in [0, 0.1) is 11.6 Å². The van der Waals surface area contributed by atoms with Crippen LogP contribution in [-0.2, 0) is 4.79 Å². The largest absolute Gasteiger partial charge is 0.480 e. The summed E-state index contributed by atoms with van der Waals surface area (Å²) in [5.74, 6) is -2.02. The smallest absolute Gasteiger partial charge is 0.322 e. The number of nitrogens with zero attached hydrogens (tertiary/aromatic N) is 2. The Labute approximate surface area is 130 Å². The molecule has 3 N–H and O–H groups in total. The number of hydrogen-bond acceptors (Lipinski definition) is 5. The van der Waals surface area contributed by atoms with Crippen molar-refractivity contribution >= 4 is 23.4 Å². The highest BCUT2D eigenvalue weighted by Gasteiger charge is 2.26.